The van der Waals surface area contributed by atoms with Crippen LogP contribution in [0.15, 0.2) is 24.3 Å². The van der Waals surface area contributed by atoms with Crippen LogP contribution in [0.1, 0.15) is 43.1 Å². The first-order valence-corrected chi connectivity index (χ1v) is 8.05. The molecule has 0 saturated carbocycles. The minimum atomic E-state index is -0.928. The van der Waals surface area contributed by atoms with Crippen LogP contribution in [0.5, 0.6) is 0 Å². The van der Waals surface area contributed by atoms with Crippen LogP contribution in [0.3, 0.4) is 0 Å². The lowest BCUT2D eigenvalue weighted by molar-refractivity contribution is -0.156. The van der Waals surface area contributed by atoms with Gasteiger partial charge in [0.05, 0.1) is 7.11 Å². The lowest BCUT2D eigenvalue weighted by atomic mass is 10.1. The molecule has 138 valence electrons. The lowest BCUT2D eigenvalue weighted by Gasteiger charge is -2.22. The molecule has 0 fully saturated rings. The highest BCUT2D eigenvalue weighted by atomic mass is 16.6. The monoisotopic (exact) mass is 350 g/mol. The van der Waals surface area contributed by atoms with E-state index in [0.717, 1.165) is 5.56 Å². The maximum Gasteiger partial charge on any atom is 0.325 e. The zero-order valence-corrected chi connectivity index (χ0v) is 15.1. The van der Waals surface area contributed by atoms with Crippen molar-refractivity contribution in [2.45, 2.75) is 45.3 Å². The third kappa shape index (κ3) is 7.80. The Balaban J connectivity index is 2.49. The summed E-state index contributed by atoms with van der Waals surface area (Å²) in [5, 5.41) is 2.61. The summed E-state index contributed by atoms with van der Waals surface area (Å²) in [4.78, 5) is 35.0. The molecule has 1 aromatic rings. The molecule has 3 N–H and O–H groups in total. The summed E-state index contributed by atoms with van der Waals surface area (Å²) in [5.74, 6) is -1.18. The minimum Gasteiger partial charge on any atom is -0.469 e. The summed E-state index contributed by atoms with van der Waals surface area (Å²) in [5.41, 5.74) is 6.46. The predicted octanol–water partition coefficient (Wildman–Crippen LogP) is 1.19. The second-order valence-electron chi connectivity index (χ2n) is 6.62. The zero-order valence-electron chi connectivity index (χ0n) is 15.1. The van der Waals surface area contributed by atoms with Crippen LogP contribution in [-0.4, -0.2) is 43.1 Å². The molecular weight excluding hydrogens is 324 g/mol. The Morgan fingerprint density at radius 3 is 2.28 bits per heavy atom. The van der Waals surface area contributed by atoms with Crippen molar-refractivity contribution in [3.05, 3.63) is 35.4 Å². The first kappa shape index (κ1) is 20.6. The molecule has 0 aliphatic rings. The van der Waals surface area contributed by atoms with Gasteiger partial charge in [0.1, 0.15) is 11.6 Å². The number of aryl methyl sites for hydroxylation is 1. The molecule has 1 rings (SSSR count). The van der Waals surface area contributed by atoms with Gasteiger partial charge >= 0.3 is 11.9 Å². The molecular formula is C18H26N2O5. The molecule has 7 nitrogen and oxygen atoms in total. The van der Waals surface area contributed by atoms with Crippen LogP contribution in [0, 0.1) is 0 Å². The van der Waals surface area contributed by atoms with Crippen molar-refractivity contribution in [3.63, 3.8) is 0 Å². The molecule has 1 aromatic carbocycles. The van der Waals surface area contributed by atoms with Crippen LogP contribution in [-0.2, 0) is 25.5 Å². The Morgan fingerprint density at radius 2 is 1.76 bits per heavy atom. The van der Waals surface area contributed by atoms with Crippen molar-refractivity contribution in [3.8, 4) is 0 Å². The van der Waals surface area contributed by atoms with Crippen LogP contribution in [0.25, 0.3) is 0 Å². The molecule has 0 saturated heterocycles. The SMILES string of the molecule is COC(=O)CCc1ccc(C(=O)NCC(N)C(=O)OC(C)(C)C)cc1. The lowest BCUT2D eigenvalue weighted by Crippen LogP contribution is -2.45. The Labute approximate surface area is 147 Å². The number of esters is 2. The van der Waals surface area contributed by atoms with Crippen LogP contribution in [0.4, 0.5) is 0 Å². The number of ether oxygens (including phenoxy) is 2. The van der Waals surface area contributed by atoms with Gasteiger partial charge < -0.3 is 20.5 Å². The second kappa shape index (κ2) is 9.17. The fourth-order valence-electron chi connectivity index (χ4n) is 1.94. The Bertz CT molecular complexity index is 605. The molecule has 0 aliphatic heterocycles. The summed E-state index contributed by atoms with van der Waals surface area (Å²) in [7, 11) is 1.34. The number of hydrogen-bond donors (Lipinski definition) is 2. The Kier molecular flexibility index (Phi) is 7.57. The van der Waals surface area contributed by atoms with E-state index < -0.39 is 17.6 Å². The van der Waals surface area contributed by atoms with Crippen molar-refractivity contribution in [2.75, 3.05) is 13.7 Å². The first-order valence-electron chi connectivity index (χ1n) is 8.05. The fourth-order valence-corrected chi connectivity index (χ4v) is 1.94. The summed E-state index contributed by atoms with van der Waals surface area (Å²) >= 11 is 0. The highest BCUT2D eigenvalue weighted by Gasteiger charge is 2.22. The molecule has 1 unspecified atom stereocenters. The predicted molar refractivity (Wildman–Crippen MR) is 92.9 cm³/mol. The second-order valence-corrected chi connectivity index (χ2v) is 6.62. The average molecular weight is 350 g/mol. The van der Waals surface area contributed by atoms with Gasteiger partial charge in [0.2, 0.25) is 0 Å². The van der Waals surface area contributed by atoms with Gasteiger partial charge in [-0.25, -0.2) is 0 Å². The topological polar surface area (TPSA) is 108 Å². The number of carbonyl (C=O) groups is 3. The molecule has 1 amide bonds. The van der Waals surface area contributed by atoms with Gasteiger partial charge in [0.15, 0.2) is 0 Å². The number of hydrogen-bond acceptors (Lipinski definition) is 6. The van der Waals surface area contributed by atoms with E-state index in [2.05, 4.69) is 10.1 Å². The molecule has 0 heterocycles. The summed E-state index contributed by atoms with van der Waals surface area (Å²) in [6, 6.07) is 5.92. The maximum atomic E-state index is 12.1. The van der Waals surface area contributed by atoms with E-state index in [1.165, 1.54) is 7.11 Å². The number of carbonyl (C=O) groups excluding carboxylic acids is 3. The molecule has 0 spiro atoms. The fraction of sp³-hybridized carbons (Fsp3) is 0.500. The van der Waals surface area contributed by atoms with Gasteiger partial charge in [0.25, 0.3) is 5.91 Å². The van der Waals surface area contributed by atoms with E-state index in [4.69, 9.17) is 10.5 Å². The quantitative estimate of drug-likeness (QED) is 0.715. The van der Waals surface area contributed by atoms with Crippen molar-refractivity contribution in [2.24, 2.45) is 5.73 Å². The standard InChI is InChI=1S/C18H26N2O5/c1-18(2,3)25-17(23)14(19)11-20-16(22)13-8-5-12(6-9-13)7-10-15(21)24-4/h5-6,8-9,14H,7,10-11,19H2,1-4H3,(H,20,22). The van der Waals surface area contributed by atoms with E-state index in [0.29, 0.717) is 12.0 Å². The van der Waals surface area contributed by atoms with E-state index in [1.54, 1.807) is 45.0 Å². The third-order valence-electron chi connectivity index (χ3n) is 3.25. The van der Waals surface area contributed by atoms with Crippen molar-refractivity contribution in [1.82, 2.24) is 5.32 Å². The average Bonchev–Trinajstić information content (AvgIpc) is 2.56. The van der Waals surface area contributed by atoms with E-state index in [9.17, 15) is 14.4 Å². The van der Waals surface area contributed by atoms with Crippen LogP contribution in [0.2, 0.25) is 0 Å². The van der Waals surface area contributed by atoms with Crippen molar-refractivity contribution < 1.29 is 23.9 Å². The van der Waals surface area contributed by atoms with Gasteiger partial charge in [0, 0.05) is 18.5 Å². The van der Waals surface area contributed by atoms with Crippen molar-refractivity contribution >= 4 is 17.8 Å². The van der Waals surface area contributed by atoms with Gasteiger partial charge in [-0.3, -0.25) is 14.4 Å². The largest absolute Gasteiger partial charge is 0.469 e. The molecule has 0 aliphatic carbocycles. The smallest absolute Gasteiger partial charge is 0.325 e. The molecule has 1 atom stereocenters. The minimum absolute atomic E-state index is 0.0160. The van der Waals surface area contributed by atoms with Crippen molar-refractivity contribution in [1.29, 1.82) is 0 Å². The maximum absolute atomic E-state index is 12.1. The number of benzene rings is 1. The van der Waals surface area contributed by atoms with Gasteiger partial charge in [-0.1, -0.05) is 12.1 Å². The molecule has 25 heavy (non-hydrogen) atoms. The number of nitrogens with one attached hydrogen (secondary N) is 1. The Hall–Kier alpha value is -2.41. The number of methoxy groups -OCH3 is 1. The number of amides is 1. The Morgan fingerprint density at radius 1 is 1.16 bits per heavy atom. The number of rotatable bonds is 7. The highest BCUT2D eigenvalue weighted by Crippen LogP contribution is 2.09. The van der Waals surface area contributed by atoms with Gasteiger partial charge in [-0.05, 0) is 44.9 Å². The van der Waals surface area contributed by atoms with E-state index in [1.807, 2.05) is 0 Å². The van der Waals surface area contributed by atoms with Gasteiger partial charge in [-0.15, -0.1) is 0 Å². The third-order valence-corrected chi connectivity index (χ3v) is 3.25. The summed E-state index contributed by atoms with van der Waals surface area (Å²) in [6.45, 7) is 5.23. The first-order chi connectivity index (χ1) is 11.6. The number of nitrogens with two attached hydrogens (primary N) is 1. The molecule has 0 aromatic heterocycles. The molecule has 0 bridgehead atoms. The van der Waals surface area contributed by atoms with E-state index >= 15 is 0 Å². The van der Waals surface area contributed by atoms with Crippen LogP contribution >= 0.6 is 0 Å². The normalized spacial score (nSPS) is 12.2. The summed E-state index contributed by atoms with van der Waals surface area (Å²) < 4.78 is 9.74. The summed E-state index contributed by atoms with van der Waals surface area (Å²) in [6.07, 6.45) is 0.824. The van der Waals surface area contributed by atoms with E-state index in [-0.39, 0.29) is 24.8 Å². The van der Waals surface area contributed by atoms with Gasteiger partial charge in [-0.2, -0.15) is 0 Å². The zero-order chi connectivity index (χ0) is 19.0. The molecule has 7 heteroatoms. The highest BCUT2D eigenvalue weighted by molar-refractivity contribution is 5.94. The molecule has 0 radical (unpaired) electrons. The van der Waals surface area contributed by atoms with Crippen LogP contribution < -0.4 is 11.1 Å².